The fourth-order valence-corrected chi connectivity index (χ4v) is 10.4. The summed E-state index contributed by atoms with van der Waals surface area (Å²) in [5.74, 6) is 1.88. The van der Waals surface area contributed by atoms with E-state index in [-0.39, 0.29) is 0 Å². The Kier molecular flexibility index (Phi) is 7.91. The third-order valence-electron chi connectivity index (χ3n) is 13.5. The number of nitrogens with zero attached hydrogens (tertiary/aromatic N) is 5. The monoisotopic (exact) mass is 839 g/mol. The highest BCUT2D eigenvalue weighted by Crippen LogP contribution is 2.43. The van der Waals surface area contributed by atoms with E-state index in [4.69, 9.17) is 15.0 Å². The lowest BCUT2D eigenvalue weighted by atomic mass is 10.0. The molecule has 0 aliphatic rings. The van der Waals surface area contributed by atoms with Gasteiger partial charge in [-0.2, -0.15) is 0 Å². The van der Waals surface area contributed by atoms with Crippen molar-refractivity contribution in [3.63, 3.8) is 0 Å². The fourth-order valence-electron chi connectivity index (χ4n) is 10.4. The summed E-state index contributed by atoms with van der Waals surface area (Å²) < 4.78 is 4.89. The van der Waals surface area contributed by atoms with Crippen LogP contribution < -0.4 is 0 Å². The van der Waals surface area contributed by atoms with Gasteiger partial charge in [-0.25, -0.2) is 15.0 Å². The molecule has 0 saturated heterocycles. The van der Waals surface area contributed by atoms with Gasteiger partial charge in [-0.15, -0.1) is 0 Å². The van der Waals surface area contributed by atoms with Crippen LogP contribution in [0, 0.1) is 0 Å². The molecule has 5 heteroatoms. The molecule has 14 rings (SSSR count). The quantitative estimate of drug-likeness (QED) is 0.173. The Hall–Kier alpha value is -8.93. The Labute approximate surface area is 379 Å². The number of aromatic nitrogens is 5. The first-order valence-electron chi connectivity index (χ1n) is 22.4. The van der Waals surface area contributed by atoms with E-state index in [9.17, 15) is 0 Å². The minimum absolute atomic E-state index is 0.622. The number of hydrogen-bond acceptors (Lipinski definition) is 3. The number of rotatable bonds is 5. The molecule has 3 heterocycles. The molecule has 0 saturated carbocycles. The summed E-state index contributed by atoms with van der Waals surface area (Å²) in [4.78, 5) is 15.7. The maximum Gasteiger partial charge on any atom is 0.164 e. The van der Waals surface area contributed by atoms with Gasteiger partial charge in [0.25, 0.3) is 0 Å². The zero-order valence-corrected chi connectivity index (χ0v) is 35.6. The maximum atomic E-state index is 5.33. The van der Waals surface area contributed by atoms with E-state index < -0.39 is 0 Å². The van der Waals surface area contributed by atoms with Gasteiger partial charge in [0.15, 0.2) is 17.5 Å². The average Bonchev–Trinajstić information content (AvgIpc) is 3.89. The van der Waals surface area contributed by atoms with Crippen LogP contribution in [0.2, 0.25) is 0 Å². The summed E-state index contributed by atoms with van der Waals surface area (Å²) in [7, 11) is 0. The van der Waals surface area contributed by atoms with Crippen LogP contribution in [-0.4, -0.2) is 24.1 Å². The lowest BCUT2D eigenvalue weighted by Gasteiger charge is -2.15. The lowest BCUT2D eigenvalue weighted by Crippen LogP contribution is -2.02. The lowest BCUT2D eigenvalue weighted by molar-refractivity contribution is 1.07. The first-order chi connectivity index (χ1) is 32.7. The van der Waals surface area contributed by atoms with Crippen molar-refractivity contribution in [3.8, 4) is 45.5 Å². The van der Waals surface area contributed by atoms with E-state index in [1.54, 1.807) is 0 Å². The first kappa shape index (κ1) is 36.5. The molecule has 0 N–H and O–H groups in total. The number of fused-ring (bicyclic) bond motifs is 11. The van der Waals surface area contributed by atoms with E-state index in [0.717, 1.165) is 60.8 Å². The highest BCUT2D eigenvalue weighted by atomic mass is 15.0. The summed E-state index contributed by atoms with van der Waals surface area (Å²) in [5, 5.41) is 14.3. The molecule has 306 valence electrons. The number of para-hydroxylation sites is 1. The van der Waals surface area contributed by atoms with E-state index >= 15 is 0 Å². The van der Waals surface area contributed by atoms with Crippen LogP contribution in [0.15, 0.2) is 224 Å². The average molecular weight is 840 g/mol. The van der Waals surface area contributed by atoms with Crippen molar-refractivity contribution in [3.05, 3.63) is 224 Å². The molecule has 0 fully saturated rings. The summed E-state index contributed by atoms with van der Waals surface area (Å²) in [6.45, 7) is 0. The van der Waals surface area contributed by atoms with Crippen LogP contribution in [0.4, 0.5) is 0 Å². The van der Waals surface area contributed by atoms with Crippen LogP contribution in [-0.2, 0) is 0 Å². The Balaban J connectivity index is 1.06. The second-order valence-electron chi connectivity index (χ2n) is 17.2. The Morgan fingerprint density at radius 3 is 1.62 bits per heavy atom. The molecule has 66 heavy (non-hydrogen) atoms. The molecule has 0 amide bonds. The van der Waals surface area contributed by atoms with Gasteiger partial charge < -0.3 is 9.13 Å². The van der Waals surface area contributed by atoms with E-state index in [2.05, 4.69) is 215 Å². The zero-order chi connectivity index (χ0) is 43.3. The third-order valence-corrected chi connectivity index (χ3v) is 13.5. The SMILES string of the molecule is c1ccc(-c2nc(-c3ccc4ccccc4c3)nc(-c3cc(-n4c5ccccc5c5cc6c7c8ccccc8ccc7n(-c7ccc8ccccc8c7)c6cc54)cc4ccccc34)n2)cc1. The topological polar surface area (TPSA) is 48.5 Å². The van der Waals surface area contributed by atoms with Crippen molar-refractivity contribution in [1.29, 1.82) is 0 Å². The normalized spacial score (nSPS) is 11.9. The van der Waals surface area contributed by atoms with E-state index in [1.165, 1.54) is 54.0 Å². The highest BCUT2D eigenvalue weighted by molar-refractivity contribution is 6.25. The van der Waals surface area contributed by atoms with Gasteiger partial charge in [-0.05, 0) is 97.7 Å². The second kappa shape index (κ2) is 14.3. The number of hydrogen-bond donors (Lipinski definition) is 0. The van der Waals surface area contributed by atoms with E-state index in [1.807, 2.05) is 18.2 Å². The zero-order valence-electron chi connectivity index (χ0n) is 35.6. The molecule has 14 aromatic rings. The molecular weight excluding hydrogens is 803 g/mol. The van der Waals surface area contributed by atoms with E-state index in [0.29, 0.717) is 17.5 Å². The second-order valence-corrected chi connectivity index (χ2v) is 17.2. The smallest absolute Gasteiger partial charge is 0.164 e. The predicted molar refractivity (Wildman–Crippen MR) is 275 cm³/mol. The van der Waals surface area contributed by atoms with Crippen LogP contribution in [0.3, 0.4) is 0 Å². The van der Waals surface area contributed by atoms with Gasteiger partial charge in [-0.1, -0.05) is 170 Å². The van der Waals surface area contributed by atoms with Gasteiger partial charge in [0, 0.05) is 49.6 Å². The molecule has 0 bridgehead atoms. The van der Waals surface area contributed by atoms with Gasteiger partial charge in [0.2, 0.25) is 0 Å². The fraction of sp³-hybridized carbons (Fsp3) is 0. The minimum Gasteiger partial charge on any atom is -0.309 e. The molecule has 0 radical (unpaired) electrons. The van der Waals surface area contributed by atoms with Crippen molar-refractivity contribution < 1.29 is 0 Å². The Morgan fingerprint density at radius 2 is 0.818 bits per heavy atom. The standard InChI is InChI=1S/C61H37N5/c1-2-17-41(18-3-1)59-62-60(45-27-26-38-14-4-6-19-42(38)32-45)64-61(63-59)52-35-47(34-44-21-9-10-22-48(44)52)66-54-25-13-12-24-50(54)51-36-53-57(37-56(51)66)65(46-30-28-39-15-5-7-20-43(39)33-46)55-31-29-40-16-8-11-23-49(40)58(53)55/h1-37H. The number of benzene rings is 11. The van der Waals surface area contributed by atoms with Crippen molar-refractivity contribution in [2.75, 3.05) is 0 Å². The van der Waals surface area contributed by atoms with Crippen LogP contribution in [0.5, 0.6) is 0 Å². The maximum absolute atomic E-state index is 5.33. The summed E-state index contributed by atoms with van der Waals surface area (Å²) in [6.07, 6.45) is 0. The molecule has 0 aliphatic heterocycles. The molecule has 0 spiro atoms. The van der Waals surface area contributed by atoms with Crippen LogP contribution in [0.25, 0.3) is 132 Å². The van der Waals surface area contributed by atoms with Crippen LogP contribution in [0.1, 0.15) is 0 Å². The minimum atomic E-state index is 0.622. The Morgan fingerprint density at radius 1 is 0.258 bits per heavy atom. The van der Waals surface area contributed by atoms with Gasteiger partial charge in [0.1, 0.15) is 0 Å². The van der Waals surface area contributed by atoms with Crippen molar-refractivity contribution in [2.24, 2.45) is 0 Å². The van der Waals surface area contributed by atoms with Gasteiger partial charge in [-0.3, -0.25) is 0 Å². The molecule has 0 aliphatic carbocycles. The van der Waals surface area contributed by atoms with Gasteiger partial charge in [0.05, 0.1) is 22.1 Å². The molecule has 3 aromatic heterocycles. The summed E-state index contributed by atoms with van der Waals surface area (Å²) in [5.41, 5.74) is 9.56. The molecule has 0 unspecified atom stereocenters. The first-order valence-corrected chi connectivity index (χ1v) is 22.4. The van der Waals surface area contributed by atoms with Crippen molar-refractivity contribution >= 4 is 86.7 Å². The largest absolute Gasteiger partial charge is 0.309 e. The molecule has 0 atom stereocenters. The Bertz CT molecular complexity index is 4290. The van der Waals surface area contributed by atoms with Crippen LogP contribution >= 0.6 is 0 Å². The van der Waals surface area contributed by atoms with Crippen molar-refractivity contribution in [2.45, 2.75) is 0 Å². The molecule has 5 nitrogen and oxygen atoms in total. The summed E-state index contributed by atoms with van der Waals surface area (Å²) in [6, 6.07) is 80.7. The van der Waals surface area contributed by atoms with Gasteiger partial charge >= 0.3 is 0 Å². The molecule has 11 aromatic carbocycles. The van der Waals surface area contributed by atoms with Crippen molar-refractivity contribution in [1.82, 2.24) is 24.1 Å². The highest BCUT2D eigenvalue weighted by Gasteiger charge is 2.22. The molecular formula is C61H37N5. The summed E-state index contributed by atoms with van der Waals surface area (Å²) >= 11 is 0. The third kappa shape index (κ3) is 5.63. The predicted octanol–water partition coefficient (Wildman–Crippen LogP) is 15.7.